The molecular weight excluding hydrogens is 332 g/mol. The molecule has 7 heteroatoms. The standard InChI is InChI=1S/C19H18N4O3/c1-13(24)17(11-14-7-3-2-4-8-14)20-18(25)12-23-19(26)15-9-5-6-10-16(15)21-22-23/h2-10,17H,11-12H2,1H3,(H,20,25)/t17-/m0/s1. The molecule has 0 saturated heterocycles. The number of carbonyl (C=O) groups is 2. The van der Waals surface area contributed by atoms with Gasteiger partial charge in [0.05, 0.1) is 11.4 Å². The Kier molecular flexibility index (Phi) is 5.17. The molecule has 0 aliphatic heterocycles. The molecule has 0 aliphatic carbocycles. The van der Waals surface area contributed by atoms with Gasteiger partial charge in [-0.05, 0) is 31.0 Å². The summed E-state index contributed by atoms with van der Waals surface area (Å²) in [5.74, 6) is -0.619. The van der Waals surface area contributed by atoms with Crippen LogP contribution < -0.4 is 10.9 Å². The van der Waals surface area contributed by atoms with Crippen LogP contribution in [-0.4, -0.2) is 32.7 Å². The second-order valence-electron chi connectivity index (χ2n) is 5.99. The van der Waals surface area contributed by atoms with Crippen molar-refractivity contribution in [3.05, 3.63) is 70.5 Å². The molecule has 132 valence electrons. The summed E-state index contributed by atoms with van der Waals surface area (Å²) >= 11 is 0. The van der Waals surface area contributed by atoms with Crippen molar-refractivity contribution in [2.75, 3.05) is 0 Å². The summed E-state index contributed by atoms with van der Waals surface area (Å²) in [6, 6.07) is 15.5. The van der Waals surface area contributed by atoms with Crippen LogP contribution in [-0.2, 0) is 22.6 Å². The summed E-state index contributed by atoms with van der Waals surface area (Å²) < 4.78 is 0.997. The molecule has 3 aromatic rings. The highest BCUT2D eigenvalue weighted by Crippen LogP contribution is 2.05. The smallest absolute Gasteiger partial charge is 0.278 e. The van der Waals surface area contributed by atoms with Gasteiger partial charge in [-0.1, -0.05) is 47.7 Å². The van der Waals surface area contributed by atoms with Crippen molar-refractivity contribution < 1.29 is 9.59 Å². The van der Waals surface area contributed by atoms with Crippen molar-refractivity contribution in [3.8, 4) is 0 Å². The third kappa shape index (κ3) is 4.00. The Morgan fingerprint density at radius 2 is 1.77 bits per heavy atom. The Morgan fingerprint density at radius 1 is 1.08 bits per heavy atom. The van der Waals surface area contributed by atoms with Gasteiger partial charge in [-0.15, -0.1) is 5.10 Å². The largest absolute Gasteiger partial charge is 0.344 e. The number of Topliss-reactive ketones (excluding diaryl/α,β-unsaturated/α-hetero) is 1. The SMILES string of the molecule is CC(=O)[C@H](Cc1ccccc1)NC(=O)Cn1nnc2ccccc2c1=O. The summed E-state index contributed by atoms with van der Waals surface area (Å²) in [7, 11) is 0. The second kappa shape index (κ2) is 7.69. The highest BCUT2D eigenvalue weighted by Gasteiger charge is 2.18. The first-order valence-corrected chi connectivity index (χ1v) is 8.21. The van der Waals surface area contributed by atoms with Crippen LogP contribution in [0.3, 0.4) is 0 Å². The monoisotopic (exact) mass is 350 g/mol. The van der Waals surface area contributed by atoms with E-state index in [-0.39, 0.29) is 12.3 Å². The zero-order valence-corrected chi connectivity index (χ0v) is 14.3. The van der Waals surface area contributed by atoms with Crippen LogP contribution in [0.25, 0.3) is 10.9 Å². The number of fused-ring (bicyclic) bond motifs is 1. The Hall–Kier alpha value is -3.35. The van der Waals surface area contributed by atoms with Gasteiger partial charge in [-0.25, -0.2) is 4.68 Å². The number of carbonyl (C=O) groups excluding carboxylic acids is 2. The van der Waals surface area contributed by atoms with Gasteiger partial charge in [-0.2, -0.15) is 0 Å². The van der Waals surface area contributed by atoms with Crippen LogP contribution in [0.15, 0.2) is 59.4 Å². The summed E-state index contributed by atoms with van der Waals surface area (Å²) in [4.78, 5) is 36.6. The molecule has 7 nitrogen and oxygen atoms in total. The first kappa shape index (κ1) is 17.5. The normalized spacial score (nSPS) is 11.9. The zero-order chi connectivity index (χ0) is 18.5. The minimum absolute atomic E-state index is 0.154. The molecule has 1 aromatic heterocycles. The fraction of sp³-hybridized carbons (Fsp3) is 0.211. The van der Waals surface area contributed by atoms with Crippen LogP contribution in [0.5, 0.6) is 0 Å². The quantitative estimate of drug-likeness (QED) is 0.719. The highest BCUT2D eigenvalue weighted by molar-refractivity contribution is 5.87. The van der Waals surface area contributed by atoms with Crippen LogP contribution in [0.2, 0.25) is 0 Å². The van der Waals surface area contributed by atoms with E-state index >= 15 is 0 Å². The van der Waals surface area contributed by atoms with E-state index in [9.17, 15) is 14.4 Å². The molecule has 0 spiro atoms. The molecule has 2 aromatic carbocycles. The van der Waals surface area contributed by atoms with Crippen molar-refractivity contribution in [2.45, 2.75) is 25.9 Å². The Balaban J connectivity index is 1.74. The lowest BCUT2D eigenvalue weighted by atomic mass is 10.0. The third-order valence-electron chi connectivity index (χ3n) is 4.03. The number of nitrogens with zero attached hydrogens (tertiary/aromatic N) is 3. The van der Waals surface area contributed by atoms with Crippen molar-refractivity contribution >= 4 is 22.6 Å². The van der Waals surface area contributed by atoms with Crippen molar-refractivity contribution in [1.82, 2.24) is 20.3 Å². The fourth-order valence-corrected chi connectivity index (χ4v) is 2.65. The first-order valence-electron chi connectivity index (χ1n) is 8.21. The molecule has 3 rings (SSSR count). The van der Waals surface area contributed by atoms with Gasteiger partial charge in [0, 0.05) is 0 Å². The Bertz CT molecular complexity index is 998. The topological polar surface area (TPSA) is 93.9 Å². The molecule has 0 bridgehead atoms. The molecule has 0 aliphatic rings. The van der Waals surface area contributed by atoms with Crippen molar-refractivity contribution in [2.24, 2.45) is 0 Å². The Morgan fingerprint density at radius 3 is 2.50 bits per heavy atom. The van der Waals surface area contributed by atoms with E-state index in [2.05, 4.69) is 15.6 Å². The average Bonchev–Trinajstić information content (AvgIpc) is 2.64. The number of benzene rings is 2. The maximum absolute atomic E-state index is 12.4. The maximum atomic E-state index is 12.4. The van der Waals surface area contributed by atoms with E-state index < -0.39 is 17.5 Å². The fourth-order valence-electron chi connectivity index (χ4n) is 2.65. The molecule has 0 saturated carbocycles. The molecule has 1 amide bonds. The molecule has 0 unspecified atom stereocenters. The van der Waals surface area contributed by atoms with Crippen LogP contribution >= 0.6 is 0 Å². The summed E-state index contributed by atoms with van der Waals surface area (Å²) in [6.45, 7) is 1.13. The lowest BCUT2D eigenvalue weighted by Crippen LogP contribution is -2.44. The van der Waals surface area contributed by atoms with Gasteiger partial charge in [0.15, 0.2) is 5.78 Å². The summed E-state index contributed by atoms with van der Waals surface area (Å²) in [6.07, 6.45) is 0.389. The molecule has 0 radical (unpaired) electrons. The van der Waals surface area contributed by atoms with Gasteiger partial charge in [0.1, 0.15) is 12.1 Å². The number of hydrogen-bond donors (Lipinski definition) is 1. The third-order valence-corrected chi connectivity index (χ3v) is 4.03. The molecule has 1 N–H and O–H groups in total. The first-order chi connectivity index (χ1) is 12.5. The lowest BCUT2D eigenvalue weighted by molar-refractivity contribution is -0.127. The van der Waals surface area contributed by atoms with E-state index in [1.54, 1.807) is 24.3 Å². The van der Waals surface area contributed by atoms with E-state index in [1.165, 1.54) is 6.92 Å². The van der Waals surface area contributed by atoms with E-state index in [1.807, 2.05) is 30.3 Å². The maximum Gasteiger partial charge on any atom is 0.278 e. The molecule has 0 fully saturated rings. The molecule has 26 heavy (non-hydrogen) atoms. The van der Waals surface area contributed by atoms with Crippen LogP contribution in [0.4, 0.5) is 0 Å². The van der Waals surface area contributed by atoms with Crippen molar-refractivity contribution in [1.29, 1.82) is 0 Å². The number of rotatable bonds is 6. The molecule has 1 atom stereocenters. The minimum Gasteiger partial charge on any atom is -0.344 e. The summed E-state index contributed by atoms with van der Waals surface area (Å²) in [5, 5.41) is 10.8. The van der Waals surface area contributed by atoms with E-state index in [0.717, 1.165) is 10.2 Å². The van der Waals surface area contributed by atoms with Crippen LogP contribution in [0.1, 0.15) is 12.5 Å². The number of nitrogens with one attached hydrogen (secondary N) is 1. The van der Waals surface area contributed by atoms with Crippen molar-refractivity contribution in [3.63, 3.8) is 0 Å². The van der Waals surface area contributed by atoms with Gasteiger partial charge >= 0.3 is 0 Å². The summed E-state index contributed by atoms with van der Waals surface area (Å²) in [5.41, 5.74) is 1.02. The lowest BCUT2D eigenvalue weighted by Gasteiger charge is -2.16. The van der Waals surface area contributed by atoms with Gasteiger partial charge in [0.25, 0.3) is 5.56 Å². The minimum atomic E-state index is -0.658. The van der Waals surface area contributed by atoms with E-state index in [0.29, 0.717) is 17.3 Å². The zero-order valence-electron chi connectivity index (χ0n) is 14.3. The number of amides is 1. The molecular formula is C19H18N4O3. The van der Waals surface area contributed by atoms with Gasteiger partial charge in [-0.3, -0.25) is 14.4 Å². The Labute approximate surface area is 149 Å². The number of ketones is 1. The predicted octanol–water partition coefficient (Wildman–Crippen LogP) is 1.11. The van der Waals surface area contributed by atoms with Gasteiger partial charge < -0.3 is 5.32 Å². The highest BCUT2D eigenvalue weighted by atomic mass is 16.2. The predicted molar refractivity (Wildman–Crippen MR) is 96.6 cm³/mol. The van der Waals surface area contributed by atoms with Gasteiger partial charge in [0.2, 0.25) is 5.91 Å². The van der Waals surface area contributed by atoms with Crippen LogP contribution in [0, 0.1) is 0 Å². The second-order valence-corrected chi connectivity index (χ2v) is 5.99. The number of aromatic nitrogens is 3. The number of hydrogen-bond acceptors (Lipinski definition) is 5. The average molecular weight is 350 g/mol. The van der Waals surface area contributed by atoms with E-state index in [4.69, 9.17) is 0 Å². The molecule has 1 heterocycles.